The summed E-state index contributed by atoms with van der Waals surface area (Å²) in [5.74, 6) is 0.810. The summed E-state index contributed by atoms with van der Waals surface area (Å²) in [6.07, 6.45) is 4.37. The number of benzene rings is 2. The number of carbonyl (C=O) groups is 2. The van der Waals surface area contributed by atoms with Crippen molar-refractivity contribution in [3.05, 3.63) is 65.1 Å². The third kappa shape index (κ3) is 3.57. The van der Waals surface area contributed by atoms with Crippen molar-refractivity contribution in [1.29, 1.82) is 0 Å². The Kier molecular flexibility index (Phi) is 5.14. The summed E-state index contributed by atoms with van der Waals surface area (Å²) in [6.45, 7) is 0.553. The minimum Gasteiger partial charge on any atom is -0.465 e. The maximum absolute atomic E-state index is 12.0. The number of likely N-dealkylation sites (tertiary alicyclic amines) is 1. The van der Waals surface area contributed by atoms with Crippen LogP contribution in [0.25, 0.3) is 22.4 Å². The van der Waals surface area contributed by atoms with Crippen LogP contribution >= 0.6 is 15.9 Å². The van der Waals surface area contributed by atoms with Crippen molar-refractivity contribution in [2.24, 2.45) is 0 Å². The van der Waals surface area contributed by atoms with E-state index >= 15 is 0 Å². The molecule has 2 heterocycles. The van der Waals surface area contributed by atoms with Gasteiger partial charge < -0.3 is 10.1 Å². The van der Waals surface area contributed by atoms with Gasteiger partial charge in [0, 0.05) is 12.1 Å². The molecule has 1 saturated heterocycles. The van der Waals surface area contributed by atoms with E-state index in [2.05, 4.69) is 50.2 Å². The Morgan fingerprint density at radius 1 is 1.13 bits per heavy atom. The maximum atomic E-state index is 12.0. The Bertz CT molecular complexity index is 1190. The van der Waals surface area contributed by atoms with E-state index < -0.39 is 6.09 Å². The fraction of sp³-hybridized carbons (Fsp3) is 0.292. The van der Waals surface area contributed by atoms with Crippen molar-refractivity contribution in [3.8, 4) is 22.4 Å². The van der Waals surface area contributed by atoms with Gasteiger partial charge >= 0.3 is 6.09 Å². The van der Waals surface area contributed by atoms with Gasteiger partial charge in [0.25, 0.3) is 0 Å². The van der Waals surface area contributed by atoms with Crippen LogP contribution in [0.4, 0.5) is 4.79 Å². The Labute approximate surface area is 188 Å². The third-order valence-electron chi connectivity index (χ3n) is 6.33. The van der Waals surface area contributed by atoms with Gasteiger partial charge in [0.1, 0.15) is 5.82 Å². The minimum atomic E-state index is -0.895. The second kappa shape index (κ2) is 7.96. The van der Waals surface area contributed by atoms with Crippen LogP contribution in [0.15, 0.2) is 42.6 Å². The lowest BCUT2D eigenvalue weighted by atomic mass is 9.83. The molecule has 0 radical (unpaired) electrons. The highest BCUT2D eigenvalue weighted by Crippen LogP contribution is 2.37. The molecular weight excluding hydrogens is 458 g/mol. The number of hydrogen-bond donors (Lipinski definition) is 2. The van der Waals surface area contributed by atoms with Crippen LogP contribution < -0.4 is 0 Å². The van der Waals surface area contributed by atoms with Crippen LogP contribution in [0.3, 0.4) is 0 Å². The molecule has 7 heteroatoms. The number of halogens is 1. The number of H-pyrrole nitrogens is 1. The van der Waals surface area contributed by atoms with Crippen LogP contribution in [0.1, 0.15) is 46.2 Å². The molecule has 0 bridgehead atoms. The highest BCUT2D eigenvalue weighted by Gasteiger charge is 2.32. The first-order chi connectivity index (χ1) is 15.0. The van der Waals surface area contributed by atoms with Crippen molar-refractivity contribution in [1.82, 2.24) is 14.9 Å². The molecule has 1 unspecified atom stereocenters. The van der Waals surface area contributed by atoms with E-state index in [1.165, 1.54) is 27.2 Å². The molecule has 3 aromatic rings. The van der Waals surface area contributed by atoms with E-state index in [-0.39, 0.29) is 11.8 Å². The van der Waals surface area contributed by atoms with Crippen molar-refractivity contribution < 1.29 is 14.7 Å². The smallest absolute Gasteiger partial charge is 0.407 e. The van der Waals surface area contributed by atoms with Gasteiger partial charge in [0.15, 0.2) is 5.78 Å². The van der Waals surface area contributed by atoms with Crippen LogP contribution in [0.2, 0.25) is 0 Å². The molecular formula is C24H22BrN3O3. The van der Waals surface area contributed by atoms with Gasteiger partial charge in [-0.3, -0.25) is 9.69 Å². The number of nitrogens with zero attached hydrogens (tertiary/aromatic N) is 2. The molecule has 31 heavy (non-hydrogen) atoms. The average Bonchev–Trinajstić information content (AvgIpc) is 3.47. The number of carboxylic acid groups (broad SMARTS) is 1. The van der Waals surface area contributed by atoms with Gasteiger partial charge in [-0.2, -0.15) is 0 Å². The maximum Gasteiger partial charge on any atom is 0.407 e. The lowest BCUT2D eigenvalue weighted by molar-refractivity contribution is 0.102. The highest BCUT2D eigenvalue weighted by molar-refractivity contribution is 9.09. The number of fused-ring (bicyclic) bond motifs is 3. The largest absolute Gasteiger partial charge is 0.465 e. The Morgan fingerprint density at radius 2 is 1.87 bits per heavy atom. The topological polar surface area (TPSA) is 86.3 Å². The second-order valence-corrected chi connectivity index (χ2v) is 8.68. The Balaban J connectivity index is 1.44. The Hall–Kier alpha value is -2.93. The molecule has 158 valence electrons. The van der Waals surface area contributed by atoms with Gasteiger partial charge in [-0.25, -0.2) is 9.78 Å². The summed E-state index contributed by atoms with van der Waals surface area (Å²) in [7, 11) is 0. The van der Waals surface area contributed by atoms with E-state index in [1.807, 2.05) is 12.1 Å². The number of aromatic nitrogens is 2. The average molecular weight is 480 g/mol. The second-order valence-electron chi connectivity index (χ2n) is 8.12. The molecule has 0 saturated carbocycles. The van der Waals surface area contributed by atoms with Gasteiger partial charge in [0.05, 0.1) is 23.3 Å². The number of imidazole rings is 1. The number of amides is 1. The molecule has 2 N–H and O–H groups in total. The van der Waals surface area contributed by atoms with Gasteiger partial charge in [-0.1, -0.05) is 40.2 Å². The number of hydrogen-bond acceptors (Lipinski definition) is 3. The molecule has 2 aliphatic rings. The summed E-state index contributed by atoms with van der Waals surface area (Å²) in [5.41, 5.74) is 7.58. The normalized spacial score (nSPS) is 17.3. The molecule has 1 aromatic heterocycles. The summed E-state index contributed by atoms with van der Waals surface area (Å²) in [5, 5.41) is 9.74. The van der Waals surface area contributed by atoms with E-state index in [0.717, 1.165) is 42.5 Å². The summed E-state index contributed by atoms with van der Waals surface area (Å²) < 4.78 is 0. The minimum absolute atomic E-state index is 0.0997. The quantitative estimate of drug-likeness (QED) is 0.395. The lowest BCUT2D eigenvalue weighted by Gasteiger charge is -2.21. The zero-order valence-corrected chi connectivity index (χ0v) is 18.5. The first kappa shape index (κ1) is 20.0. The molecule has 1 amide bonds. The van der Waals surface area contributed by atoms with E-state index in [9.17, 15) is 14.7 Å². The van der Waals surface area contributed by atoms with Crippen molar-refractivity contribution >= 4 is 27.8 Å². The SMILES string of the molecule is O=C(CBr)c1ccc2c(c1)CCc1cc(-c3cnc(C4CCCN4C(=O)O)[nH]3)ccc1-2. The predicted octanol–water partition coefficient (Wildman–Crippen LogP) is 5.23. The standard InChI is InChI=1S/C24H22BrN3O3/c25-12-22(29)17-6-8-19-15(11-17)4-3-14-10-16(5-7-18(14)19)20-13-26-23(27-20)21-2-1-9-28(21)24(30)31/h5-8,10-11,13,21H,1-4,9,12H2,(H,26,27)(H,30,31). The lowest BCUT2D eigenvalue weighted by Crippen LogP contribution is -2.29. The number of nitrogens with one attached hydrogen (secondary N) is 1. The molecule has 6 nitrogen and oxygen atoms in total. The number of alkyl halides is 1. The number of ketones is 1. The van der Waals surface area contributed by atoms with Crippen LogP contribution in [0, 0.1) is 0 Å². The van der Waals surface area contributed by atoms with E-state index in [1.54, 1.807) is 6.20 Å². The van der Waals surface area contributed by atoms with Gasteiger partial charge in [0.2, 0.25) is 0 Å². The Morgan fingerprint density at radius 3 is 2.61 bits per heavy atom. The summed E-state index contributed by atoms with van der Waals surface area (Å²) in [4.78, 5) is 32.8. The van der Waals surface area contributed by atoms with Crippen LogP contribution in [0.5, 0.6) is 0 Å². The zero-order valence-electron chi connectivity index (χ0n) is 16.9. The number of rotatable bonds is 4. The molecule has 1 aliphatic carbocycles. The summed E-state index contributed by atoms with van der Waals surface area (Å²) in [6, 6.07) is 12.2. The van der Waals surface area contributed by atoms with E-state index in [0.29, 0.717) is 17.7 Å². The van der Waals surface area contributed by atoms with Crippen molar-refractivity contribution in [3.63, 3.8) is 0 Å². The van der Waals surface area contributed by atoms with Crippen LogP contribution in [-0.4, -0.2) is 43.7 Å². The fourth-order valence-electron chi connectivity index (χ4n) is 4.75. The first-order valence-electron chi connectivity index (χ1n) is 10.5. The van der Waals surface area contributed by atoms with Crippen LogP contribution in [-0.2, 0) is 12.8 Å². The zero-order chi connectivity index (χ0) is 21.5. The monoisotopic (exact) mass is 479 g/mol. The molecule has 0 spiro atoms. The number of aryl methyl sites for hydroxylation is 2. The van der Waals surface area contributed by atoms with Gasteiger partial charge in [-0.15, -0.1) is 0 Å². The first-order valence-corrected chi connectivity index (χ1v) is 11.6. The molecule has 1 fully saturated rings. The van der Waals surface area contributed by atoms with Crippen molar-refractivity contribution in [2.75, 3.05) is 11.9 Å². The number of carbonyl (C=O) groups excluding carboxylic acids is 1. The fourth-order valence-corrected chi connectivity index (χ4v) is 5.07. The number of Topliss-reactive ketones (excluding diaryl/α,β-unsaturated/α-hetero) is 1. The molecule has 1 aliphatic heterocycles. The summed E-state index contributed by atoms with van der Waals surface area (Å²) >= 11 is 3.25. The number of aromatic amines is 1. The molecule has 1 atom stereocenters. The highest BCUT2D eigenvalue weighted by atomic mass is 79.9. The third-order valence-corrected chi connectivity index (χ3v) is 6.84. The van der Waals surface area contributed by atoms with Gasteiger partial charge in [-0.05, 0) is 65.6 Å². The van der Waals surface area contributed by atoms with Crippen molar-refractivity contribution in [2.45, 2.75) is 31.7 Å². The van der Waals surface area contributed by atoms with E-state index in [4.69, 9.17) is 0 Å². The molecule has 5 rings (SSSR count). The predicted molar refractivity (Wildman–Crippen MR) is 122 cm³/mol. The molecule has 2 aromatic carbocycles.